The summed E-state index contributed by atoms with van der Waals surface area (Å²) >= 11 is 1.61. The Bertz CT molecular complexity index is 457. The van der Waals surface area contributed by atoms with Crippen LogP contribution in [0.1, 0.15) is 30.9 Å². The fourth-order valence-corrected chi connectivity index (χ4v) is 2.43. The zero-order valence-electron chi connectivity index (χ0n) is 12.5. The summed E-state index contributed by atoms with van der Waals surface area (Å²) in [6, 6.07) is 4.32. The molecule has 0 radical (unpaired) electrons. The molecule has 1 atom stereocenters. The molecule has 0 heterocycles. The van der Waals surface area contributed by atoms with Crippen LogP contribution in [0.3, 0.4) is 0 Å². The Morgan fingerprint density at radius 3 is 2.81 bits per heavy atom. The van der Waals surface area contributed by atoms with Crippen LogP contribution in [-0.4, -0.2) is 30.0 Å². The Morgan fingerprint density at radius 1 is 1.38 bits per heavy atom. The summed E-state index contributed by atoms with van der Waals surface area (Å²) in [5.41, 5.74) is 1.80. The second kappa shape index (κ2) is 9.63. The highest BCUT2D eigenvalue weighted by Crippen LogP contribution is 2.16. The number of hydrogen-bond donors (Lipinski definition) is 3. The average Bonchev–Trinajstić information content (AvgIpc) is 2.46. The molecule has 0 aliphatic rings. The second-order valence-corrected chi connectivity index (χ2v) is 5.67. The van der Waals surface area contributed by atoms with Gasteiger partial charge in [0, 0.05) is 18.8 Å². The number of aliphatic hydroxyl groups excluding tert-OH is 1. The Labute approximate surface area is 129 Å². The van der Waals surface area contributed by atoms with E-state index in [1.165, 1.54) is 12.1 Å². The predicted octanol–water partition coefficient (Wildman–Crippen LogP) is 2.65. The van der Waals surface area contributed by atoms with Gasteiger partial charge in [0.05, 0.1) is 6.10 Å². The molecule has 21 heavy (non-hydrogen) atoms. The largest absolute Gasteiger partial charge is 0.393 e. The van der Waals surface area contributed by atoms with Crippen LogP contribution >= 0.6 is 11.8 Å². The summed E-state index contributed by atoms with van der Waals surface area (Å²) in [5, 5.41) is 14.8. The number of thioether (sulfide) groups is 1. The van der Waals surface area contributed by atoms with Crippen LogP contribution < -0.4 is 10.6 Å². The highest BCUT2D eigenvalue weighted by Gasteiger charge is 2.07. The fraction of sp³-hybridized carbons (Fsp3) is 0.533. The lowest BCUT2D eigenvalue weighted by Gasteiger charge is -2.12. The first-order valence-corrected chi connectivity index (χ1v) is 8.42. The minimum Gasteiger partial charge on any atom is -0.393 e. The molecule has 0 aliphatic carbocycles. The number of carbonyl (C=O) groups excluding carboxylic acids is 1. The monoisotopic (exact) mass is 314 g/mol. The lowest BCUT2D eigenvalue weighted by atomic mass is 10.1. The molecule has 4 nitrogen and oxygen atoms in total. The maximum absolute atomic E-state index is 13.2. The van der Waals surface area contributed by atoms with Gasteiger partial charge in [-0.25, -0.2) is 9.18 Å². The number of carbonyl (C=O) groups is 1. The first-order valence-electron chi connectivity index (χ1n) is 7.02. The first-order chi connectivity index (χ1) is 10.1. The number of urea groups is 1. The molecule has 0 aliphatic heterocycles. The van der Waals surface area contributed by atoms with E-state index in [1.807, 2.05) is 13.2 Å². The Hall–Kier alpha value is -1.27. The van der Waals surface area contributed by atoms with Gasteiger partial charge in [-0.15, -0.1) is 0 Å². The Balaban J connectivity index is 2.42. The standard InChI is InChI=1S/C15H23FN2O2S/c1-3-14(19)6-7-17-15(20)18-9-11-4-5-13(16)8-12(11)10-21-2/h4-5,8,14,19H,3,6-7,9-10H2,1-2H3,(H2,17,18,20). The van der Waals surface area contributed by atoms with Crippen molar-refractivity contribution < 1.29 is 14.3 Å². The molecule has 1 rings (SSSR count). The van der Waals surface area contributed by atoms with Crippen molar-refractivity contribution in [2.75, 3.05) is 12.8 Å². The summed E-state index contributed by atoms with van der Waals surface area (Å²) in [7, 11) is 0. The van der Waals surface area contributed by atoms with Crippen LogP contribution in [-0.2, 0) is 12.3 Å². The minimum atomic E-state index is -0.379. The van der Waals surface area contributed by atoms with Gasteiger partial charge in [0.25, 0.3) is 0 Å². The van der Waals surface area contributed by atoms with Crippen molar-refractivity contribution in [1.29, 1.82) is 0 Å². The minimum absolute atomic E-state index is 0.263. The van der Waals surface area contributed by atoms with Gasteiger partial charge in [0.2, 0.25) is 0 Å². The number of amides is 2. The molecule has 0 saturated heterocycles. The zero-order valence-corrected chi connectivity index (χ0v) is 13.3. The van der Waals surface area contributed by atoms with Crippen LogP contribution in [0.4, 0.5) is 9.18 Å². The first kappa shape index (κ1) is 17.8. The molecule has 0 aromatic heterocycles. The Morgan fingerprint density at radius 2 is 2.14 bits per heavy atom. The molecule has 6 heteroatoms. The topological polar surface area (TPSA) is 61.4 Å². The molecule has 0 fully saturated rings. The molecule has 0 spiro atoms. The maximum atomic E-state index is 13.2. The van der Waals surface area contributed by atoms with Gasteiger partial charge in [-0.2, -0.15) is 11.8 Å². The normalized spacial score (nSPS) is 12.0. The van der Waals surface area contributed by atoms with Crippen molar-refractivity contribution in [1.82, 2.24) is 10.6 Å². The van der Waals surface area contributed by atoms with Crippen LogP contribution in [0.15, 0.2) is 18.2 Å². The number of benzene rings is 1. The highest BCUT2D eigenvalue weighted by atomic mass is 32.2. The average molecular weight is 314 g/mol. The molecule has 2 amide bonds. The van der Waals surface area contributed by atoms with Crippen molar-refractivity contribution in [2.45, 2.75) is 38.2 Å². The van der Waals surface area contributed by atoms with Gasteiger partial charge in [0.1, 0.15) is 5.82 Å². The lowest BCUT2D eigenvalue weighted by molar-refractivity contribution is 0.160. The van der Waals surface area contributed by atoms with Crippen LogP contribution in [0.25, 0.3) is 0 Å². The van der Waals surface area contributed by atoms with Gasteiger partial charge >= 0.3 is 6.03 Å². The molecular weight excluding hydrogens is 291 g/mol. The van der Waals surface area contributed by atoms with Crippen molar-refractivity contribution in [3.05, 3.63) is 35.1 Å². The van der Waals surface area contributed by atoms with E-state index in [9.17, 15) is 14.3 Å². The van der Waals surface area contributed by atoms with Crippen molar-refractivity contribution in [3.63, 3.8) is 0 Å². The third-order valence-electron chi connectivity index (χ3n) is 3.14. The van der Waals surface area contributed by atoms with E-state index in [-0.39, 0.29) is 18.0 Å². The molecule has 3 N–H and O–H groups in total. The lowest BCUT2D eigenvalue weighted by Crippen LogP contribution is -2.36. The molecule has 1 aromatic rings. The van der Waals surface area contributed by atoms with Gasteiger partial charge in [-0.3, -0.25) is 0 Å². The van der Waals surface area contributed by atoms with Gasteiger partial charge in [0.15, 0.2) is 0 Å². The highest BCUT2D eigenvalue weighted by molar-refractivity contribution is 7.97. The van der Waals surface area contributed by atoms with Gasteiger partial charge in [-0.1, -0.05) is 13.0 Å². The maximum Gasteiger partial charge on any atom is 0.315 e. The molecule has 1 unspecified atom stereocenters. The fourth-order valence-electron chi connectivity index (χ4n) is 1.85. The van der Waals surface area contributed by atoms with E-state index in [0.29, 0.717) is 31.7 Å². The summed E-state index contributed by atoms with van der Waals surface area (Å²) in [5.74, 6) is 0.444. The van der Waals surface area contributed by atoms with Crippen molar-refractivity contribution in [2.24, 2.45) is 0 Å². The molecule has 0 bridgehead atoms. The quantitative estimate of drug-likeness (QED) is 0.691. The molecule has 118 valence electrons. The number of rotatable bonds is 8. The predicted molar refractivity (Wildman–Crippen MR) is 84.8 cm³/mol. The van der Waals surface area contributed by atoms with Crippen molar-refractivity contribution in [3.8, 4) is 0 Å². The summed E-state index contributed by atoms with van der Waals surface area (Å²) in [4.78, 5) is 11.6. The molecule has 1 aromatic carbocycles. The van der Waals surface area contributed by atoms with E-state index in [2.05, 4.69) is 10.6 Å². The van der Waals surface area contributed by atoms with Crippen LogP contribution in [0.5, 0.6) is 0 Å². The van der Waals surface area contributed by atoms with Crippen molar-refractivity contribution >= 4 is 17.8 Å². The summed E-state index contributed by atoms with van der Waals surface area (Å²) in [6.07, 6.45) is 2.79. The van der Waals surface area contributed by atoms with E-state index < -0.39 is 0 Å². The molecule has 0 saturated carbocycles. The van der Waals surface area contributed by atoms with Crippen LogP contribution in [0.2, 0.25) is 0 Å². The smallest absolute Gasteiger partial charge is 0.315 e. The number of nitrogens with one attached hydrogen (secondary N) is 2. The number of halogens is 1. The summed E-state index contributed by atoms with van der Waals surface area (Å²) < 4.78 is 13.2. The third-order valence-corrected chi connectivity index (χ3v) is 3.74. The van der Waals surface area contributed by atoms with E-state index >= 15 is 0 Å². The third kappa shape index (κ3) is 6.82. The van der Waals surface area contributed by atoms with Crippen LogP contribution in [0, 0.1) is 5.82 Å². The number of aliphatic hydroxyl groups is 1. The SMILES string of the molecule is CCC(O)CCNC(=O)NCc1ccc(F)cc1CSC. The Kier molecular flexibility index (Phi) is 8.15. The van der Waals surface area contributed by atoms with E-state index in [4.69, 9.17) is 0 Å². The van der Waals surface area contributed by atoms with Gasteiger partial charge < -0.3 is 15.7 Å². The molecular formula is C15H23FN2O2S. The zero-order chi connectivity index (χ0) is 15.7. The summed E-state index contributed by atoms with van der Waals surface area (Å²) in [6.45, 7) is 2.69. The van der Waals surface area contributed by atoms with Gasteiger partial charge in [-0.05, 0) is 42.4 Å². The van der Waals surface area contributed by atoms with E-state index in [0.717, 1.165) is 11.1 Å². The second-order valence-electron chi connectivity index (χ2n) is 4.81. The number of hydrogen-bond acceptors (Lipinski definition) is 3. The van der Waals surface area contributed by atoms with E-state index in [1.54, 1.807) is 17.8 Å².